The molecule has 2 aromatic rings. The molecule has 0 unspecified atom stereocenters. The third kappa shape index (κ3) is 2.73. The molecule has 7 heteroatoms. The van der Waals surface area contributed by atoms with E-state index < -0.39 is 17.7 Å². The van der Waals surface area contributed by atoms with Crippen LogP contribution in [0.1, 0.15) is 32.7 Å². The number of aromatic nitrogens is 2. The summed E-state index contributed by atoms with van der Waals surface area (Å²) in [6.45, 7) is 5.82. The van der Waals surface area contributed by atoms with E-state index >= 15 is 0 Å². The van der Waals surface area contributed by atoms with E-state index in [2.05, 4.69) is 26.1 Å². The molecule has 0 saturated carbocycles. The van der Waals surface area contributed by atoms with Crippen molar-refractivity contribution in [1.29, 1.82) is 0 Å². The minimum absolute atomic E-state index is 0.0471. The predicted molar refractivity (Wildman–Crippen MR) is 73.7 cm³/mol. The first-order valence-corrected chi connectivity index (χ1v) is 6.74. The van der Waals surface area contributed by atoms with Crippen molar-refractivity contribution in [3.63, 3.8) is 0 Å². The third-order valence-electron chi connectivity index (χ3n) is 2.92. The van der Waals surface area contributed by atoms with E-state index in [9.17, 15) is 8.78 Å². The summed E-state index contributed by atoms with van der Waals surface area (Å²) in [7, 11) is 0. The van der Waals surface area contributed by atoms with E-state index in [0.717, 1.165) is 6.07 Å². The van der Waals surface area contributed by atoms with E-state index in [0.29, 0.717) is 5.56 Å². The fourth-order valence-electron chi connectivity index (χ4n) is 1.54. The average Bonchev–Trinajstić information content (AvgIpc) is 2.83. The Bertz CT molecular complexity index is 637. The number of nitrogens with zero attached hydrogens (tertiary/aromatic N) is 2. The van der Waals surface area contributed by atoms with Crippen LogP contribution in [-0.2, 0) is 0 Å². The molecule has 0 spiro atoms. The van der Waals surface area contributed by atoms with Crippen molar-refractivity contribution in [1.82, 2.24) is 10.1 Å². The highest BCUT2D eigenvalue weighted by atomic mass is 79.9. The van der Waals surface area contributed by atoms with Gasteiger partial charge in [0, 0.05) is 5.56 Å². The molecule has 4 nitrogen and oxygen atoms in total. The molecule has 0 aliphatic heterocycles. The van der Waals surface area contributed by atoms with Gasteiger partial charge in [0.2, 0.25) is 11.7 Å². The van der Waals surface area contributed by atoms with Gasteiger partial charge in [-0.3, -0.25) is 0 Å². The fourth-order valence-corrected chi connectivity index (χ4v) is 2.04. The Morgan fingerprint density at radius 2 is 1.95 bits per heavy atom. The molecule has 0 radical (unpaired) electrons. The number of hydrogen-bond acceptors (Lipinski definition) is 4. The van der Waals surface area contributed by atoms with Crippen LogP contribution in [0.3, 0.4) is 0 Å². The quantitative estimate of drug-likeness (QED) is 0.840. The minimum Gasteiger partial charge on any atom is -0.337 e. The van der Waals surface area contributed by atoms with E-state index in [1.807, 2.05) is 20.8 Å². The van der Waals surface area contributed by atoms with Crippen molar-refractivity contribution in [3.8, 4) is 11.4 Å². The molecule has 1 aromatic carbocycles. The Labute approximate surface area is 123 Å². The van der Waals surface area contributed by atoms with E-state index in [-0.39, 0.29) is 21.6 Å². The highest BCUT2D eigenvalue weighted by Gasteiger charge is 2.28. The van der Waals surface area contributed by atoms with Gasteiger partial charge < -0.3 is 10.3 Å². The van der Waals surface area contributed by atoms with Crippen molar-refractivity contribution < 1.29 is 13.3 Å². The molecule has 108 valence electrons. The van der Waals surface area contributed by atoms with Crippen molar-refractivity contribution in [2.24, 2.45) is 11.1 Å². The van der Waals surface area contributed by atoms with E-state index in [1.165, 1.54) is 6.07 Å². The maximum atomic E-state index is 13.5. The zero-order chi connectivity index (χ0) is 15.1. The van der Waals surface area contributed by atoms with Crippen LogP contribution in [0.15, 0.2) is 21.1 Å². The lowest BCUT2D eigenvalue weighted by Gasteiger charge is -2.23. The Balaban J connectivity index is 2.42. The maximum absolute atomic E-state index is 13.5. The number of nitrogens with two attached hydrogens (primary N) is 1. The highest BCUT2D eigenvalue weighted by molar-refractivity contribution is 9.10. The predicted octanol–water partition coefficient (Wildman–Crippen LogP) is 3.82. The third-order valence-corrected chi connectivity index (χ3v) is 3.69. The molecule has 0 fully saturated rings. The summed E-state index contributed by atoms with van der Waals surface area (Å²) in [6.07, 6.45) is 0. The second-order valence-electron chi connectivity index (χ2n) is 5.52. The van der Waals surface area contributed by atoms with Crippen LogP contribution in [0.4, 0.5) is 8.78 Å². The molecule has 0 saturated heterocycles. The zero-order valence-corrected chi connectivity index (χ0v) is 12.8. The Hall–Kier alpha value is -1.34. The SMILES string of the molecule is CC(C)(C)[C@H](N)c1nc(-c2ccc(F)c(F)c2Br)no1. The summed E-state index contributed by atoms with van der Waals surface area (Å²) in [5.41, 5.74) is 6.06. The van der Waals surface area contributed by atoms with Gasteiger partial charge in [-0.25, -0.2) is 8.78 Å². The van der Waals surface area contributed by atoms with Crippen LogP contribution >= 0.6 is 15.9 Å². The summed E-state index contributed by atoms with van der Waals surface area (Å²) in [5, 5.41) is 3.77. The van der Waals surface area contributed by atoms with E-state index in [1.54, 1.807) is 0 Å². The van der Waals surface area contributed by atoms with Crippen molar-refractivity contribution in [3.05, 3.63) is 34.1 Å². The molecular weight excluding hydrogens is 332 g/mol. The molecule has 0 bridgehead atoms. The summed E-state index contributed by atoms with van der Waals surface area (Å²) in [5.74, 6) is -1.53. The van der Waals surface area contributed by atoms with Crippen LogP contribution in [0.2, 0.25) is 0 Å². The van der Waals surface area contributed by atoms with Crippen LogP contribution in [0.25, 0.3) is 11.4 Å². The van der Waals surface area contributed by atoms with E-state index in [4.69, 9.17) is 10.3 Å². The summed E-state index contributed by atoms with van der Waals surface area (Å²) in [6, 6.07) is 1.93. The molecule has 2 N–H and O–H groups in total. The molecule has 2 rings (SSSR count). The van der Waals surface area contributed by atoms with Crippen molar-refractivity contribution in [2.75, 3.05) is 0 Å². The van der Waals surface area contributed by atoms with Gasteiger partial charge in [0.15, 0.2) is 11.6 Å². The Morgan fingerprint density at radius 3 is 2.55 bits per heavy atom. The summed E-state index contributed by atoms with van der Waals surface area (Å²) >= 11 is 2.99. The molecule has 0 aliphatic carbocycles. The zero-order valence-electron chi connectivity index (χ0n) is 11.2. The summed E-state index contributed by atoms with van der Waals surface area (Å²) < 4.78 is 31.6. The molecule has 1 atom stereocenters. The first kappa shape index (κ1) is 15.1. The fraction of sp³-hybridized carbons (Fsp3) is 0.385. The number of halogens is 3. The molecule has 1 heterocycles. The van der Waals surface area contributed by atoms with Gasteiger partial charge in [-0.15, -0.1) is 0 Å². The first-order valence-electron chi connectivity index (χ1n) is 5.95. The minimum atomic E-state index is -0.992. The van der Waals surface area contributed by atoms with Crippen molar-refractivity contribution >= 4 is 15.9 Å². The molecule has 0 amide bonds. The van der Waals surface area contributed by atoms with Gasteiger partial charge in [0.1, 0.15) is 0 Å². The Morgan fingerprint density at radius 1 is 1.30 bits per heavy atom. The average molecular weight is 346 g/mol. The lowest BCUT2D eigenvalue weighted by atomic mass is 9.87. The standard InChI is InChI=1S/C13H14BrF2N3O/c1-13(2,3)10(17)12-18-11(19-20-12)6-4-5-7(15)9(16)8(6)14/h4-5,10H,17H2,1-3H3/t10-/m1/s1. The number of benzene rings is 1. The lowest BCUT2D eigenvalue weighted by Crippen LogP contribution is -2.26. The molecule has 20 heavy (non-hydrogen) atoms. The van der Waals surface area contributed by atoms with Gasteiger partial charge in [-0.1, -0.05) is 25.9 Å². The Kier molecular flexibility index (Phi) is 3.93. The molecule has 1 aromatic heterocycles. The number of rotatable bonds is 2. The van der Waals surface area contributed by atoms with Gasteiger partial charge in [0.05, 0.1) is 10.5 Å². The van der Waals surface area contributed by atoms with Gasteiger partial charge >= 0.3 is 0 Å². The monoisotopic (exact) mass is 345 g/mol. The topological polar surface area (TPSA) is 64.9 Å². The normalized spacial score (nSPS) is 13.6. The van der Waals surface area contributed by atoms with Crippen LogP contribution in [0.5, 0.6) is 0 Å². The van der Waals surface area contributed by atoms with Gasteiger partial charge in [-0.05, 0) is 33.5 Å². The number of hydrogen-bond donors (Lipinski definition) is 1. The van der Waals surface area contributed by atoms with Crippen molar-refractivity contribution in [2.45, 2.75) is 26.8 Å². The van der Waals surface area contributed by atoms with Crippen LogP contribution < -0.4 is 5.73 Å². The van der Waals surface area contributed by atoms with Crippen LogP contribution in [0, 0.1) is 17.0 Å². The lowest BCUT2D eigenvalue weighted by molar-refractivity contribution is 0.253. The summed E-state index contributed by atoms with van der Waals surface area (Å²) in [4.78, 5) is 4.16. The molecular formula is C13H14BrF2N3O. The van der Waals surface area contributed by atoms with Gasteiger partial charge in [-0.2, -0.15) is 4.98 Å². The second kappa shape index (κ2) is 5.21. The van der Waals surface area contributed by atoms with Gasteiger partial charge in [0.25, 0.3) is 0 Å². The molecule has 0 aliphatic rings. The largest absolute Gasteiger partial charge is 0.337 e. The smallest absolute Gasteiger partial charge is 0.244 e. The van der Waals surface area contributed by atoms with Crippen LogP contribution in [-0.4, -0.2) is 10.1 Å². The first-order chi connectivity index (χ1) is 9.21. The highest BCUT2D eigenvalue weighted by Crippen LogP contribution is 2.33. The maximum Gasteiger partial charge on any atom is 0.244 e. The second-order valence-corrected chi connectivity index (χ2v) is 6.32.